The number of hydrogen-bond acceptors (Lipinski definition) is 0. The van der Waals surface area contributed by atoms with Crippen LogP contribution in [0.1, 0.15) is 5.56 Å². The van der Waals surface area contributed by atoms with Crippen molar-refractivity contribution in [1.29, 1.82) is 0 Å². The van der Waals surface area contributed by atoms with E-state index in [9.17, 15) is 0 Å². The average Bonchev–Trinajstić information content (AvgIpc) is 2.39. The molecule has 1 aromatic heterocycles. The molecule has 0 bridgehead atoms. The topological polar surface area (TPSA) is 11.3 Å². The molecule has 1 heteroatoms. The molecule has 82 valence electrons. The zero-order valence-electron chi connectivity index (χ0n) is 9.68. The average molecular weight is 221 g/mol. The Balaban J connectivity index is 2.14. The van der Waals surface area contributed by atoms with E-state index < -0.39 is 0 Å². The molecule has 0 fully saturated rings. The summed E-state index contributed by atoms with van der Waals surface area (Å²) in [6.45, 7) is 2.08. The number of benzene rings is 2. The lowest BCUT2D eigenvalue weighted by Crippen LogP contribution is -1.79. The molecule has 1 heterocycles. The molecule has 0 aliphatic carbocycles. The number of hydrogen-bond donors (Lipinski definition) is 0. The Morgan fingerprint density at radius 3 is 2.29 bits per heavy atom. The third-order valence-corrected chi connectivity index (χ3v) is 2.93. The highest BCUT2D eigenvalue weighted by molar-refractivity contribution is 5.84. The molecule has 0 atom stereocenters. The van der Waals surface area contributed by atoms with Crippen LogP contribution in [0, 0.1) is 6.92 Å². The van der Waals surface area contributed by atoms with Crippen LogP contribution in [0.2, 0.25) is 0 Å². The van der Waals surface area contributed by atoms with Crippen LogP contribution in [0.25, 0.3) is 22.1 Å². The fourth-order valence-corrected chi connectivity index (χ4v) is 1.92. The van der Waals surface area contributed by atoms with Gasteiger partial charge >= 0.3 is 12.0 Å². The monoisotopic (exact) mass is 221 g/mol. The van der Waals surface area contributed by atoms with Crippen molar-refractivity contribution in [1.82, 2.24) is 0 Å². The van der Waals surface area contributed by atoms with Gasteiger partial charge in [0.2, 0.25) is 0 Å². The van der Waals surface area contributed by atoms with Gasteiger partial charge in [-0.05, 0) is 30.5 Å². The van der Waals surface area contributed by atoms with E-state index in [2.05, 4.69) is 49.4 Å². The summed E-state index contributed by atoms with van der Waals surface area (Å²) in [6, 6.07) is 18.7. The SMILES string of the molecule is Cc1ccc(-c2cc3ccccc3c[o+]2)cc1. The van der Waals surface area contributed by atoms with Crippen LogP contribution in [0.3, 0.4) is 0 Å². The molecule has 3 rings (SSSR count). The first-order valence-corrected chi connectivity index (χ1v) is 5.70. The van der Waals surface area contributed by atoms with Gasteiger partial charge in [0.05, 0.1) is 17.0 Å². The molecule has 2 aromatic carbocycles. The van der Waals surface area contributed by atoms with Crippen LogP contribution >= 0.6 is 0 Å². The van der Waals surface area contributed by atoms with Crippen molar-refractivity contribution in [3.63, 3.8) is 0 Å². The van der Waals surface area contributed by atoms with Gasteiger partial charge < -0.3 is 0 Å². The Kier molecular flexibility index (Phi) is 2.37. The van der Waals surface area contributed by atoms with Crippen LogP contribution in [0.5, 0.6) is 0 Å². The third kappa shape index (κ3) is 1.92. The van der Waals surface area contributed by atoms with Crippen molar-refractivity contribution in [3.05, 3.63) is 66.4 Å². The highest BCUT2D eigenvalue weighted by Gasteiger charge is 2.11. The summed E-state index contributed by atoms with van der Waals surface area (Å²) >= 11 is 0. The van der Waals surface area contributed by atoms with E-state index in [1.165, 1.54) is 10.9 Å². The van der Waals surface area contributed by atoms with E-state index in [0.29, 0.717) is 0 Å². The minimum absolute atomic E-state index is 0.906. The summed E-state index contributed by atoms with van der Waals surface area (Å²) in [7, 11) is 0. The lowest BCUT2D eigenvalue weighted by atomic mass is 10.1. The molecule has 0 radical (unpaired) electrons. The molecule has 0 aliphatic rings. The lowest BCUT2D eigenvalue weighted by molar-refractivity contribution is 0.573. The van der Waals surface area contributed by atoms with Gasteiger partial charge in [0.1, 0.15) is 0 Å². The largest absolute Gasteiger partial charge is 0.360 e. The van der Waals surface area contributed by atoms with Gasteiger partial charge in [0.25, 0.3) is 0 Å². The Hall–Kier alpha value is -2.15. The zero-order valence-corrected chi connectivity index (χ0v) is 9.68. The van der Waals surface area contributed by atoms with E-state index in [1.807, 2.05) is 18.4 Å². The number of aryl methyl sites for hydroxylation is 1. The van der Waals surface area contributed by atoms with Gasteiger partial charge in [-0.2, -0.15) is 0 Å². The maximum Gasteiger partial charge on any atom is 0.360 e. The predicted molar refractivity (Wildman–Crippen MR) is 70.8 cm³/mol. The molecule has 0 amide bonds. The number of fused-ring (bicyclic) bond motifs is 1. The van der Waals surface area contributed by atoms with Crippen molar-refractivity contribution < 1.29 is 4.42 Å². The quantitative estimate of drug-likeness (QED) is 0.542. The van der Waals surface area contributed by atoms with Crippen LogP contribution in [0.15, 0.2) is 65.3 Å². The Morgan fingerprint density at radius 2 is 1.53 bits per heavy atom. The van der Waals surface area contributed by atoms with Gasteiger partial charge in [-0.3, -0.25) is 0 Å². The Labute approximate surface area is 100 Å². The first kappa shape index (κ1) is 10.0. The van der Waals surface area contributed by atoms with Crippen molar-refractivity contribution in [2.75, 3.05) is 0 Å². The first-order chi connectivity index (χ1) is 8.33. The molecule has 0 spiro atoms. The van der Waals surface area contributed by atoms with E-state index >= 15 is 0 Å². The Morgan fingerprint density at radius 1 is 0.824 bits per heavy atom. The van der Waals surface area contributed by atoms with Crippen LogP contribution in [0.4, 0.5) is 0 Å². The van der Waals surface area contributed by atoms with Crippen molar-refractivity contribution in [2.45, 2.75) is 6.92 Å². The second kappa shape index (κ2) is 4.02. The predicted octanol–water partition coefficient (Wildman–Crippen LogP) is 4.69. The fourth-order valence-electron chi connectivity index (χ4n) is 1.92. The minimum atomic E-state index is 0.906. The zero-order chi connectivity index (χ0) is 11.7. The standard InChI is InChI=1S/C16H13O/c1-12-6-8-13(9-7-12)16-10-14-4-2-3-5-15(14)11-17-16/h2-11H,1H3/q+1. The summed E-state index contributed by atoms with van der Waals surface area (Å²) in [6.07, 6.45) is 1.81. The Bertz CT molecular complexity index is 654. The number of rotatable bonds is 1. The summed E-state index contributed by atoms with van der Waals surface area (Å²) in [5.74, 6) is 0.906. The maximum absolute atomic E-state index is 5.67. The molecule has 0 N–H and O–H groups in total. The summed E-state index contributed by atoms with van der Waals surface area (Å²) < 4.78 is 5.67. The van der Waals surface area contributed by atoms with E-state index in [0.717, 1.165) is 16.7 Å². The highest BCUT2D eigenvalue weighted by atomic mass is 16.3. The van der Waals surface area contributed by atoms with Crippen molar-refractivity contribution in [3.8, 4) is 11.3 Å². The van der Waals surface area contributed by atoms with Gasteiger partial charge in [-0.15, -0.1) is 0 Å². The molecule has 0 unspecified atom stereocenters. The lowest BCUT2D eigenvalue weighted by Gasteiger charge is -1.95. The third-order valence-electron chi connectivity index (χ3n) is 2.93. The van der Waals surface area contributed by atoms with E-state index in [4.69, 9.17) is 4.42 Å². The molecule has 0 aliphatic heterocycles. The molecule has 1 nitrogen and oxygen atoms in total. The van der Waals surface area contributed by atoms with Gasteiger partial charge in [0, 0.05) is 0 Å². The molecular formula is C16H13O+. The maximum atomic E-state index is 5.67. The van der Waals surface area contributed by atoms with Gasteiger partial charge in [-0.25, -0.2) is 4.42 Å². The summed E-state index contributed by atoms with van der Waals surface area (Å²) in [5, 5.41) is 2.33. The van der Waals surface area contributed by atoms with E-state index in [-0.39, 0.29) is 0 Å². The first-order valence-electron chi connectivity index (χ1n) is 5.70. The molecule has 3 aromatic rings. The van der Waals surface area contributed by atoms with E-state index in [1.54, 1.807) is 0 Å². The van der Waals surface area contributed by atoms with Crippen LogP contribution in [-0.2, 0) is 0 Å². The normalized spacial score (nSPS) is 10.6. The van der Waals surface area contributed by atoms with Gasteiger partial charge in [0.15, 0.2) is 0 Å². The molecular weight excluding hydrogens is 208 g/mol. The second-order valence-corrected chi connectivity index (χ2v) is 4.24. The second-order valence-electron chi connectivity index (χ2n) is 4.24. The molecule has 0 saturated heterocycles. The van der Waals surface area contributed by atoms with Crippen molar-refractivity contribution >= 4 is 10.8 Å². The highest BCUT2D eigenvalue weighted by Crippen LogP contribution is 2.24. The van der Waals surface area contributed by atoms with Gasteiger partial charge in [-0.1, -0.05) is 35.9 Å². The fraction of sp³-hybridized carbons (Fsp3) is 0.0625. The van der Waals surface area contributed by atoms with Crippen molar-refractivity contribution in [2.24, 2.45) is 0 Å². The van der Waals surface area contributed by atoms with Crippen LogP contribution in [-0.4, -0.2) is 0 Å². The molecule has 17 heavy (non-hydrogen) atoms. The smallest absolute Gasteiger partial charge is 0.215 e. The van der Waals surface area contributed by atoms with Crippen LogP contribution < -0.4 is 0 Å². The minimum Gasteiger partial charge on any atom is -0.215 e. The molecule has 0 saturated carbocycles. The summed E-state index contributed by atoms with van der Waals surface area (Å²) in [4.78, 5) is 0. The summed E-state index contributed by atoms with van der Waals surface area (Å²) in [5.41, 5.74) is 2.37.